The number of benzene rings is 1. The molecule has 2 aromatic rings. The molecule has 1 aromatic heterocycles. The Balaban J connectivity index is 2.56. The topological polar surface area (TPSA) is 9.23 Å². The molecular formula is C13H13BrOS3. The lowest BCUT2D eigenvalue weighted by atomic mass is 10.0. The van der Waals surface area contributed by atoms with Crippen molar-refractivity contribution in [3.8, 4) is 16.2 Å². The summed E-state index contributed by atoms with van der Waals surface area (Å²) in [4.78, 5) is 1.23. The Kier molecular flexibility index (Phi) is 5.06. The maximum Gasteiger partial charge on any atom is 0.126 e. The number of thiol groups is 2. The number of methoxy groups -OCH3 is 1. The van der Waals surface area contributed by atoms with Crippen molar-refractivity contribution in [3.63, 3.8) is 0 Å². The molecule has 96 valence electrons. The summed E-state index contributed by atoms with van der Waals surface area (Å²) < 4.78 is 6.58. The van der Waals surface area contributed by atoms with Crippen LogP contribution in [0.3, 0.4) is 0 Å². The van der Waals surface area contributed by atoms with Gasteiger partial charge >= 0.3 is 0 Å². The van der Waals surface area contributed by atoms with Crippen LogP contribution in [0.1, 0.15) is 11.1 Å². The van der Waals surface area contributed by atoms with Gasteiger partial charge < -0.3 is 4.74 Å². The Morgan fingerprint density at radius 3 is 2.17 bits per heavy atom. The zero-order chi connectivity index (χ0) is 13.1. The van der Waals surface area contributed by atoms with Crippen molar-refractivity contribution in [1.29, 1.82) is 0 Å². The molecule has 0 spiro atoms. The van der Waals surface area contributed by atoms with Crippen LogP contribution in [0, 0.1) is 0 Å². The summed E-state index contributed by atoms with van der Waals surface area (Å²) in [6.07, 6.45) is 0. The Morgan fingerprint density at radius 2 is 1.78 bits per heavy atom. The zero-order valence-electron chi connectivity index (χ0n) is 9.81. The highest BCUT2D eigenvalue weighted by atomic mass is 79.9. The van der Waals surface area contributed by atoms with Crippen LogP contribution in [0.25, 0.3) is 10.4 Å². The normalized spacial score (nSPS) is 10.7. The molecule has 18 heavy (non-hydrogen) atoms. The maximum atomic E-state index is 5.45. The molecule has 0 aliphatic heterocycles. The summed E-state index contributed by atoms with van der Waals surface area (Å²) in [6.45, 7) is 0. The van der Waals surface area contributed by atoms with E-state index in [4.69, 9.17) is 4.74 Å². The predicted molar refractivity (Wildman–Crippen MR) is 89.4 cm³/mol. The largest absolute Gasteiger partial charge is 0.496 e. The summed E-state index contributed by atoms with van der Waals surface area (Å²) in [5.41, 5.74) is 3.40. The first-order chi connectivity index (χ1) is 8.69. The van der Waals surface area contributed by atoms with E-state index in [1.165, 1.54) is 10.4 Å². The van der Waals surface area contributed by atoms with Crippen LogP contribution < -0.4 is 4.74 Å². The summed E-state index contributed by atoms with van der Waals surface area (Å²) in [6, 6.07) is 8.44. The monoisotopic (exact) mass is 360 g/mol. The van der Waals surface area contributed by atoms with Crippen LogP contribution >= 0.6 is 52.5 Å². The molecule has 0 fully saturated rings. The second-order valence-corrected chi connectivity index (χ2v) is 6.84. The molecule has 0 saturated carbocycles. The summed E-state index contributed by atoms with van der Waals surface area (Å²) in [5, 5.41) is 0. The fraction of sp³-hybridized carbons (Fsp3) is 0.231. The number of hydrogen-bond acceptors (Lipinski definition) is 4. The smallest absolute Gasteiger partial charge is 0.126 e. The van der Waals surface area contributed by atoms with E-state index in [0.29, 0.717) is 11.5 Å². The Morgan fingerprint density at radius 1 is 1.17 bits per heavy atom. The van der Waals surface area contributed by atoms with Gasteiger partial charge in [0, 0.05) is 27.5 Å². The number of hydrogen-bond donors (Lipinski definition) is 2. The molecule has 0 atom stereocenters. The molecule has 2 rings (SSSR count). The highest BCUT2D eigenvalue weighted by molar-refractivity contribution is 9.11. The lowest BCUT2D eigenvalue weighted by Gasteiger charge is -2.13. The molecule has 5 heteroatoms. The summed E-state index contributed by atoms with van der Waals surface area (Å²) in [7, 11) is 1.69. The second-order valence-electron chi connectivity index (χ2n) is 3.75. The van der Waals surface area contributed by atoms with E-state index in [0.717, 1.165) is 20.7 Å². The van der Waals surface area contributed by atoms with Gasteiger partial charge in [-0.2, -0.15) is 25.3 Å². The third-order valence-corrected chi connectivity index (χ3v) is 5.00. The van der Waals surface area contributed by atoms with Gasteiger partial charge in [-0.05, 0) is 45.8 Å². The van der Waals surface area contributed by atoms with Crippen molar-refractivity contribution < 1.29 is 4.74 Å². The van der Waals surface area contributed by atoms with Crippen molar-refractivity contribution in [2.75, 3.05) is 7.11 Å². The first-order valence-electron chi connectivity index (χ1n) is 5.36. The van der Waals surface area contributed by atoms with Gasteiger partial charge in [-0.1, -0.05) is 0 Å². The van der Waals surface area contributed by atoms with Gasteiger partial charge in [0.25, 0.3) is 0 Å². The highest BCUT2D eigenvalue weighted by Crippen LogP contribution is 2.36. The van der Waals surface area contributed by atoms with Gasteiger partial charge in [-0.3, -0.25) is 0 Å². The molecule has 0 N–H and O–H groups in total. The van der Waals surface area contributed by atoms with Gasteiger partial charge in [-0.25, -0.2) is 0 Å². The molecule has 1 aromatic carbocycles. The quantitative estimate of drug-likeness (QED) is 0.725. The molecule has 0 amide bonds. The van der Waals surface area contributed by atoms with E-state index >= 15 is 0 Å². The average Bonchev–Trinajstić information content (AvgIpc) is 2.83. The van der Waals surface area contributed by atoms with Crippen molar-refractivity contribution in [2.24, 2.45) is 0 Å². The molecule has 0 bridgehead atoms. The second kappa shape index (κ2) is 6.37. The van der Waals surface area contributed by atoms with Crippen LogP contribution in [0.15, 0.2) is 28.1 Å². The van der Waals surface area contributed by atoms with Crippen LogP contribution in [0.5, 0.6) is 5.75 Å². The number of rotatable bonds is 4. The number of thiophene rings is 1. The van der Waals surface area contributed by atoms with E-state index in [1.54, 1.807) is 18.4 Å². The van der Waals surface area contributed by atoms with E-state index in [-0.39, 0.29) is 0 Å². The highest BCUT2D eigenvalue weighted by Gasteiger charge is 2.12. The van der Waals surface area contributed by atoms with Crippen LogP contribution in [-0.4, -0.2) is 7.11 Å². The van der Waals surface area contributed by atoms with E-state index in [2.05, 4.69) is 65.5 Å². The molecule has 0 radical (unpaired) electrons. The van der Waals surface area contributed by atoms with Crippen LogP contribution in [0.4, 0.5) is 0 Å². The summed E-state index contributed by atoms with van der Waals surface area (Å²) in [5.74, 6) is 2.22. The van der Waals surface area contributed by atoms with Gasteiger partial charge in [0.15, 0.2) is 0 Å². The number of ether oxygens (including phenoxy) is 1. The minimum absolute atomic E-state index is 0.657. The first-order valence-corrected chi connectivity index (χ1v) is 8.24. The maximum absolute atomic E-state index is 5.45. The van der Waals surface area contributed by atoms with Crippen LogP contribution in [0.2, 0.25) is 0 Å². The molecule has 0 aliphatic rings. The molecular weight excluding hydrogens is 348 g/mol. The van der Waals surface area contributed by atoms with Crippen molar-refractivity contribution in [2.45, 2.75) is 11.5 Å². The molecule has 0 saturated heterocycles. The van der Waals surface area contributed by atoms with Crippen molar-refractivity contribution in [3.05, 3.63) is 39.2 Å². The zero-order valence-corrected chi connectivity index (χ0v) is 14.0. The molecule has 1 nitrogen and oxygen atoms in total. The van der Waals surface area contributed by atoms with Crippen molar-refractivity contribution in [1.82, 2.24) is 0 Å². The average molecular weight is 361 g/mol. The Labute approximate surface area is 131 Å². The lowest BCUT2D eigenvalue weighted by Crippen LogP contribution is -1.95. The van der Waals surface area contributed by atoms with Gasteiger partial charge in [0.2, 0.25) is 0 Å². The Hall–Kier alpha value is -0.100. The van der Waals surface area contributed by atoms with E-state index < -0.39 is 0 Å². The molecule has 0 unspecified atom stereocenters. The minimum atomic E-state index is 0.657. The molecule has 0 aliphatic carbocycles. The van der Waals surface area contributed by atoms with Crippen LogP contribution in [-0.2, 0) is 11.5 Å². The van der Waals surface area contributed by atoms with Gasteiger partial charge in [0.1, 0.15) is 5.75 Å². The Bertz CT molecular complexity index is 526. The summed E-state index contributed by atoms with van der Waals surface area (Å²) >= 11 is 14.0. The fourth-order valence-corrected chi connectivity index (χ4v) is 3.71. The lowest BCUT2D eigenvalue weighted by molar-refractivity contribution is 0.408. The fourth-order valence-electron chi connectivity index (χ4n) is 1.86. The SMILES string of the molecule is COc1c(CS)cc(-c2ccc(Br)s2)cc1CS. The standard InChI is InChI=1S/C13H13BrOS3/c1-15-13-9(6-16)4-8(5-10(13)7-17)11-2-3-12(14)18-11/h2-5,16-17H,6-7H2,1H3. The third-order valence-electron chi connectivity index (χ3n) is 2.65. The third kappa shape index (κ3) is 2.90. The minimum Gasteiger partial charge on any atom is -0.496 e. The van der Waals surface area contributed by atoms with E-state index in [1.807, 2.05) is 0 Å². The first kappa shape index (κ1) is 14.3. The molecule has 1 heterocycles. The predicted octanol–water partition coefficient (Wildman–Crippen LogP) is 5.05. The van der Waals surface area contributed by atoms with Crippen molar-refractivity contribution >= 4 is 52.5 Å². The number of halogens is 1. The van der Waals surface area contributed by atoms with Gasteiger partial charge in [0.05, 0.1) is 10.9 Å². The van der Waals surface area contributed by atoms with E-state index in [9.17, 15) is 0 Å². The van der Waals surface area contributed by atoms with Gasteiger partial charge in [-0.15, -0.1) is 11.3 Å².